The molecule has 4 aromatic rings. The molecule has 184 valence electrons. The zero-order valence-electron chi connectivity index (χ0n) is 20.1. The van der Waals surface area contributed by atoms with Crippen LogP contribution in [-0.4, -0.2) is 61.2 Å². The largest absolute Gasteiger partial charge is 0.489 e. The van der Waals surface area contributed by atoms with Crippen molar-refractivity contribution in [1.82, 2.24) is 19.6 Å². The monoisotopic (exact) mass is 484 g/mol. The van der Waals surface area contributed by atoms with E-state index in [0.29, 0.717) is 49.2 Å². The summed E-state index contributed by atoms with van der Waals surface area (Å²) < 4.78 is 7.33. The zero-order valence-corrected chi connectivity index (χ0v) is 20.1. The molecule has 5 rings (SSSR count). The molecule has 0 bridgehead atoms. The lowest BCUT2D eigenvalue weighted by atomic mass is 9.87. The highest BCUT2D eigenvalue weighted by Crippen LogP contribution is 2.33. The number of aromatic nitrogens is 4. The standard InChI is InChI=1S/C27H28N6O3/c1-19(34)18-36-23-12-24(26-21(14-28)16-31-33(26)17-23)20-5-6-25(30-15-20)32-10-7-27(35,8-11-32)13-22-4-2-3-9-29-22/h2-6,9,12,15-17,19,34-35H,7-8,10-11,13,18H2,1H3/t19-/m0/s1. The summed E-state index contributed by atoms with van der Waals surface area (Å²) in [6.45, 7) is 3.20. The molecule has 0 spiro atoms. The van der Waals surface area contributed by atoms with Crippen molar-refractivity contribution in [3.8, 4) is 22.9 Å². The summed E-state index contributed by atoms with van der Waals surface area (Å²) in [6, 6.07) is 13.7. The Morgan fingerprint density at radius 3 is 2.67 bits per heavy atom. The number of rotatable bonds is 7. The van der Waals surface area contributed by atoms with E-state index in [2.05, 4.69) is 21.1 Å². The van der Waals surface area contributed by atoms with Crippen LogP contribution in [0.3, 0.4) is 0 Å². The Morgan fingerprint density at radius 1 is 1.17 bits per heavy atom. The number of aliphatic hydroxyl groups excluding tert-OH is 1. The number of nitrogens with zero attached hydrogens (tertiary/aromatic N) is 6. The highest BCUT2D eigenvalue weighted by molar-refractivity contribution is 5.85. The molecule has 0 radical (unpaired) electrons. The van der Waals surface area contributed by atoms with Crippen molar-refractivity contribution in [3.63, 3.8) is 0 Å². The van der Waals surface area contributed by atoms with Gasteiger partial charge in [-0.1, -0.05) is 6.07 Å². The average molecular weight is 485 g/mol. The molecule has 1 saturated heterocycles. The molecule has 0 aromatic carbocycles. The second-order valence-corrected chi connectivity index (χ2v) is 9.33. The van der Waals surface area contributed by atoms with Gasteiger partial charge >= 0.3 is 0 Å². The van der Waals surface area contributed by atoms with E-state index < -0.39 is 11.7 Å². The molecular weight excluding hydrogens is 456 g/mol. The summed E-state index contributed by atoms with van der Waals surface area (Å²) in [6.07, 6.45) is 7.98. The SMILES string of the molecule is C[C@H](O)COc1cc(-c2ccc(N3CCC(O)(Cc4ccccn4)CC3)nc2)c2c(C#N)cnn2c1. The van der Waals surface area contributed by atoms with Crippen LogP contribution < -0.4 is 9.64 Å². The fourth-order valence-corrected chi connectivity index (χ4v) is 4.60. The first kappa shape index (κ1) is 23.7. The predicted octanol–water partition coefficient (Wildman–Crippen LogP) is 3.00. The van der Waals surface area contributed by atoms with Crippen LogP contribution in [0, 0.1) is 11.3 Å². The van der Waals surface area contributed by atoms with Crippen LogP contribution in [0.5, 0.6) is 5.75 Å². The quantitative estimate of drug-likeness (QED) is 0.411. The van der Waals surface area contributed by atoms with Crippen molar-refractivity contribution in [1.29, 1.82) is 5.26 Å². The Balaban J connectivity index is 1.35. The number of nitriles is 1. The Kier molecular flexibility index (Phi) is 6.55. The maximum atomic E-state index is 11.1. The minimum absolute atomic E-state index is 0.149. The van der Waals surface area contributed by atoms with Crippen molar-refractivity contribution < 1.29 is 14.9 Å². The number of pyridine rings is 3. The number of fused-ring (bicyclic) bond motifs is 1. The highest BCUT2D eigenvalue weighted by atomic mass is 16.5. The Labute approximate surface area is 209 Å². The number of hydrogen-bond donors (Lipinski definition) is 2. The molecule has 0 amide bonds. The van der Waals surface area contributed by atoms with Crippen molar-refractivity contribution in [2.75, 3.05) is 24.6 Å². The van der Waals surface area contributed by atoms with Gasteiger partial charge in [0.1, 0.15) is 24.2 Å². The van der Waals surface area contributed by atoms with Crippen molar-refractivity contribution in [3.05, 3.63) is 72.4 Å². The third-order valence-corrected chi connectivity index (χ3v) is 6.51. The lowest BCUT2D eigenvalue weighted by Crippen LogP contribution is -2.46. The molecule has 9 nitrogen and oxygen atoms in total. The van der Waals surface area contributed by atoms with Gasteiger partial charge in [0.2, 0.25) is 0 Å². The van der Waals surface area contributed by atoms with Gasteiger partial charge in [0.05, 0.1) is 35.2 Å². The third-order valence-electron chi connectivity index (χ3n) is 6.51. The first-order chi connectivity index (χ1) is 17.4. The number of aliphatic hydroxyl groups is 2. The Morgan fingerprint density at radius 2 is 2.00 bits per heavy atom. The van der Waals surface area contributed by atoms with Crippen LogP contribution in [0.25, 0.3) is 16.6 Å². The number of anilines is 1. The minimum atomic E-state index is -0.765. The molecule has 5 heterocycles. The predicted molar refractivity (Wildman–Crippen MR) is 135 cm³/mol. The van der Waals surface area contributed by atoms with Gasteiger partial charge in [-0.25, -0.2) is 9.50 Å². The second kappa shape index (κ2) is 9.93. The van der Waals surface area contributed by atoms with Crippen molar-refractivity contribution in [2.24, 2.45) is 0 Å². The van der Waals surface area contributed by atoms with Gasteiger partial charge in [-0.05, 0) is 50.1 Å². The summed E-state index contributed by atoms with van der Waals surface area (Å²) in [5.74, 6) is 1.38. The van der Waals surface area contributed by atoms with E-state index >= 15 is 0 Å². The van der Waals surface area contributed by atoms with Gasteiger partial charge in [-0.15, -0.1) is 0 Å². The molecular formula is C27H28N6O3. The van der Waals surface area contributed by atoms with Crippen LogP contribution in [0.4, 0.5) is 5.82 Å². The van der Waals surface area contributed by atoms with Crippen LogP contribution in [-0.2, 0) is 6.42 Å². The highest BCUT2D eigenvalue weighted by Gasteiger charge is 2.33. The van der Waals surface area contributed by atoms with E-state index in [0.717, 1.165) is 22.6 Å². The van der Waals surface area contributed by atoms with E-state index in [1.807, 2.05) is 36.4 Å². The lowest BCUT2D eigenvalue weighted by molar-refractivity contribution is 0.0156. The van der Waals surface area contributed by atoms with E-state index in [1.165, 1.54) is 6.20 Å². The number of piperidine rings is 1. The fraction of sp³-hybridized carbons (Fsp3) is 0.333. The molecule has 9 heteroatoms. The van der Waals surface area contributed by atoms with Gasteiger partial charge in [0.15, 0.2) is 0 Å². The summed E-state index contributed by atoms with van der Waals surface area (Å²) >= 11 is 0. The average Bonchev–Trinajstić information content (AvgIpc) is 3.31. The van der Waals surface area contributed by atoms with Crippen LogP contribution in [0.2, 0.25) is 0 Å². The van der Waals surface area contributed by atoms with E-state index in [1.54, 1.807) is 30.0 Å². The first-order valence-corrected chi connectivity index (χ1v) is 12.0. The zero-order chi connectivity index (χ0) is 25.1. The van der Waals surface area contributed by atoms with Crippen molar-refractivity contribution in [2.45, 2.75) is 37.9 Å². The molecule has 0 saturated carbocycles. The Hall–Kier alpha value is -4.00. The summed E-state index contributed by atoms with van der Waals surface area (Å²) in [4.78, 5) is 11.2. The topological polar surface area (TPSA) is 120 Å². The summed E-state index contributed by atoms with van der Waals surface area (Å²) in [5.41, 5.74) is 2.87. The molecule has 0 aliphatic carbocycles. The second-order valence-electron chi connectivity index (χ2n) is 9.33. The van der Waals surface area contributed by atoms with Crippen molar-refractivity contribution >= 4 is 11.3 Å². The van der Waals surface area contributed by atoms with Gasteiger partial charge < -0.3 is 19.8 Å². The summed E-state index contributed by atoms with van der Waals surface area (Å²) in [7, 11) is 0. The third kappa shape index (κ3) is 5.00. The molecule has 1 aliphatic rings. The molecule has 36 heavy (non-hydrogen) atoms. The van der Waals surface area contributed by atoms with Gasteiger partial charge in [-0.2, -0.15) is 10.4 Å². The first-order valence-electron chi connectivity index (χ1n) is 12.0. The van der Waals surface area contributed by atoms with Crippen LogP contribution >= 0.6 is 0 Å². The molecule has 1 atom stereocenters. The molecule has 0 unspecified atom stereocenters. The maximum Gasteiger partial charge on any atom is 0.138 e. The normalized spacial score (nSPS) is 16.0. The van der Waals surface area contributed by atoms with E-state index in [-0.39, 0.29) is 6.61 Å². The van der Waals surface area contributed by atoms with Crippen LogP contribution in [0.1, 0.15) is 31.0 Å². The lowest BCUT2D eigenvalue weighted by Gasteiger charge is -2.38. The van der Waals surface area contributed by atoms with E-state index in [9.17, 15) is 15.5 Å². The van der Waals surface area contributed by atoms with Gasteiger partial charge in [0, 0.05) is 48.7 Å². The maximum absolute atomic E-state index is 11.1. The minimum Gasteiger partial charge on any atom is -0.489 e. The van der Waals surface area contributed by atoms with Gasteiger partial charge in [0.25, 0.3) is 0 Å². The molecule has 4 aromatic heterocycles. The molecule has 2 N–H and O–H groups in total. The van der Waals surface area contributed by atoms with Gasteiger partial charge in [-0.3, -0.25) is 4.98 Å². The van der Waals surface area contributed by atoms with Crippen LogP contribution in [0.15, 0.2) is 61.2 Å². The smallest absolute Gasteiger partial charge is 0.138 e. The van der Waals surface area contributed by atoms with E-state index in [4.69, 9.17) is 9.72 Å². The molecule has 1 fully saturated rings. The fourth-order valence-electron chi connectivity index (χ4n) is 4.60. The number of hydrogen-bond acceptors (Lipinski definition) is 8. The summed E-state index contributed by atoms with van der Waals surface area (Å²) in [5, 5.41) is 34.5. The number of ether oxygens (including phenoxy) is 1. The molecule has 1 aliphatic heterocycles. The Bertz CT molecular complexity index is 1370.